The monoisotopic (exact) mass is 607 g/mol. The molecule has 8 heteroatoms. The van der Waals surface area contributed by atoms with Crippen LogP contribution in [0.1, 0.15) is 29.2 Å². The number of ether oxygens (including phenoxy) is 3. The average Bonchev–Trinajstić information content (AvgIpc) is 3.16. The quantitative estimate of drug-likeness (QED) is 0.162. The maximum atomic E-state index is 12.5. The fourth-order valence-corrected chi connectivity index (χ4v) is 4.49. The molecule has 3 aromatic rings. The second-order valence-corrected chi connectivity index (χ2v) is 9.44. The molecule has 0 atom stereocenters. The van der Waals surface area contributed by atoms with Crippen LogP contribution in [0.5, 0.6) is 11.5 Å². The first-order valence-corrected chi connectivity index (χ1v) is 12.3. The van der Waals surface area contributed by atoms with Crippen molar-refractivity contribution in [1.82, 2.24) is 0 Å². The Hall–Kier alpha value is -2.55. The number of nitrogens with zero attached hydrogens (tertiary/aromatic N) is 1. The summed E-state index contributed by atoms with van der Waals surface area (Å²) in [5, 5.41) is 0.855. The minimum Gasteiger partial charge on any atom is -0.490 e. The van der Waals surface area contributed by atoms with Gasteiger partial charge in [0.15, 0.2) is 17.2 Å². The SMILES string of the molecule is CCOc1cc(/C=C2/N=C(c3cc(Cl)ccc3Cl)OC2=O)cc(I)c1OCc1ccccc1C. The lowest BCUT2D eigenvalue weighted by Gasteiger charge is -2.15. The fraction of sp³-hybridized carbons (Fsp3) is 0.154. The maximum Gasteiger partial charge on any atom is 0.363 e. The van der Waals surface area contributed by atoms with Gasteiger partial charge in [0, 0.05) is 5.02 Å². The van der Waals surface area contributed by atoms with Gasteiger partial charge in [0.05, 0.1) is 20.8 Å². The summed E-state index contributed by atoms with van der Waals surface area (Å²) in [6.07, 6.45) is 1.64. The molecule has 0 fully saturated rings. The number of hydrogen-bond donors (Lipinski definition) is 0. The van der Waals surface area contributed by atoms with Crippen LogP contribution in [0.4, 0.5) is 0 Å². The van der Waals surface area contributed by atoms with Gasteiger partial charge in [-0.15, -0.1) is 0 Å². The van der Waals surface area contributed by atoms with Gasteiger partial charge in [-0.2, -0.15) is 0 Å². The molecule has 4 rings (SSSR count). The second kappa shape index (κ2) is 10.8. The van der Waals surface area contributed by atoms with E-state index in [1.165, 1.54) is 0 Å². The lowest BCUT2D eigenvalue weighted by atomic mass is 10.1. The van der Waals surface area contributed by atoms with Gasteiger partial charge in [-0.05, 0) is 89.5 Å². The van der Waals surface area contributed by atoms with Crippen LogP contribution in [0.3, 0.4) is 0 Å². The normalized spacial score (nSPS) is 14.2. The zero-order valence-electron chi connectivity index (χ0n) is 18.4. The van der Waals surface area contributed by atoms with Gasteiger partial charge in [0.25, 0.3) is 0 Å². The first-order chi connectivity index (χ1) is 16.4. The smallest absolute Gasteiger partial charge is 0.363 e. The third kappa shape index (κ3) is 5.56. The molecule has 0 saturated heterocycles. The number of rotatable bonds is 7. The van der Waals surface area contributed by atoms with E-state index < -0.39 is 5.97 Å². The number of halogens is 3. The van der Waals surface area contributed by atoms with Crippen molar-refractivity contribution < 1.29 is 19.0 Å². The molecule has 0 aromatic heterocycles. The highest BCUT2D eigenvalue weighted by molar-refractivity contribution is 14.1. The van der Waals surface area contributed by atoms with Gasteiger partial charge in [0.2, 0.25) is 5.90 Å². The summed E-state index contributed by atoms with van der Waals surface area (Å²) >= 11 is 14.5. The maximum absolute atomic E-state index is 12.5. The molecule has 1 aliphatic heterocycles. The highest BCUT2D eigenvalue weighted by Crippen LogP contribution is 2.36. The molecule has 0 bridgehead atoms. The number of carbonyl (C=O) groups is 1. The lowest BCUT2D eigenvalue weighted by molar-refractivity contribution is -0.129. The van der Waals surface area contributed by atoms with Gasteiger partial charge in [-0.1, -0.05) is 47.5 Å². The summed E-state index contributed by atoms with van der Waals surface area (Å²) in [5.74, 6) is 0.778. The van der Waals surface area contributed by atoms with Crippen LogP contribution in [-0.4, -0.2) is 18.5 Å². The van der Waals surface area contributed by atoms with Crippen molar-refractivity contribution in [2.75, 3.05) is 6.61 Å². The number of esters is 1. The van der Waals surface area contributed by atoms with Crippen LogP contribution in [0, 0.1) is 10.5 Å². The zero-order chi connectivity index (χ0) is 24.2. The third-order valence-corrected chi connectivity index (χ3v) is 6.41. The van der Waals surface area contributed by atoms with Crippen molar-refractivity contribution in [3.05, 3.63) is 96.2 Å². The second-order valence-electron chi connectivity index (χ2n) is 7.44. The van der Waals surface area contributed by atoms with Crippen molar-refractivity contribution >= 4 is 63.7 Å². The number of aryl methyl sites for hydroxylation is 1. The molecule has 0 aliphatic carbocycles. The molecule has 174 valence electrons. The van der Waals surface area contributed by atoms with Crippen LogP contribution in [0.15, 0.2) is 65.3 Å². The minimum atomic E-state index is -0.570. The summed E-state index contributed by atoms with van der Waals surface area (Å²) in [5.41, 5.74) is 3.59. The molecule has 1 aliphatic rings. The van der Waals surface area contributed by atoms with Gasteiger partial charge < -0.3 is 14.2 Å². The third-order valence-electron chi connectivity index (χ3n) is 5.05. The van der Waals surface area contributed by atoms with Crippen molar-refractivity contribution in [1.29, 1.82) is 0 Å². The van der Waals surface area contributed by atoms with E-state index in [2.05, 4.69) is 40.6 Å². The largest absolute Gasteiger partial charge is 0.490 e. The Morgan fingerprint density at radius 3 is 2.65 bits per heavy atom. The summed E-state index contributed by atoms with van der Waals surface area (Å²) in [6.45, 7) is 4.84. The number of aliphatic imine (C=N–C) groups is 1. The lowest BCUT2D eigenvalue weighted by Crippen LogP contribution is -2.06. The molecule has 34 heavy (non-hydrogen) atoms. The molecule has 5 nitrogen and oxygen atoms in total. The Bertz CT molecular complexity index is 1320. The summed E-state index contributed by atoms with van der Waals surface area (Å²) in [6, 6.07) is 16.7. The van der Waals surface area contributed by atoms with Crippen LogP contribution in [0.2, 0.25) is 10.0 Å². The van der Waals surface area contributed by atoms with Gasteiger partial charge in [0.1, 0.15) is 6.61 Å². The van der Waals surface area contributed by atoms with Crippen molar-refractivity contribution in [2.24, 2.45) is 4.99 Å². The average molecular weight is 608 g/mol. The molecular weight excluding hydrogens is 588 g/mol. The topological polar surface area (TPSA) is 57.1 Å². The summed E-state index contributed by atoms with van der Waals surface area (Å²) < 4.78 is 18.2. The standard InChI is InChI=1S/C26H20Cl2INO4/c1-3-32-23-12-16(10-21(29)24(23)33-14-17-7-5-4-6-15(17)2)11-22-26(31)34-25(30-22)19-13-18(27)8-9-20(19)28/h4-13H,3,14H2,1-2H3/b22-11+. The van der Waals surface area contributed by atoms with Crippen molar-refractivity contribution in [2.45, 2.75) is 20.5 Å². The highest BCUT2D eigenvalue weighted by atomic mass is 127. The number of hydrogen-bond acceptors (Lipinski definition) is 5. The van der Waals surface area contributed by atoms with Crippen molar-refractivity contribution in [3.8, 4) is 11.5 Å². The van der Waals surface area contributed by atoms with Crippen LogP contribution < -0.4 is 9.47 Å². The first-order valence-electron chi connectivity index (χ1n) is 10.5. The molecule has 0 saturated carbocycles. The van der Waals surface area contributed by atoms with Crippen LogP contribution in [-0.2, 0) is 16.1 Å². The Kier molecular flexibility index (Phi) is 7.80. The van der Waals surface area contributed by atoms with Gasteiger partial charge in [-0.3, -0.25) is 0 Å². The van der Waals surface area contributed by atoms with E-state index in [1.807, 2.05) is 37.3 Å². The Morgan fingerprint density at radius 1 is 1.09 bits per heavy atom. The van der Waals surface area contributed by atoms with Gasteiger partial charge in [-0.25, -0.2) is 9.79 Å². The number of carbonyl (C=O) groups excluding carboxylic acids is 1. The number of benzene rings is 3. The van der Waals surface area contributed by atoms with Crippen LogP contribution >= 0.6 is 45.8 Å². The predicted octanol–water partition coefficient (Wildman–Crippen LogP) is 7.23. The van der Waals surface area contributed by atoms with E-state index in [0.29, 0.717) is 40.3 Å². The molecule has 1 heterocycles. The Labute approximate surface area is 221 Å². The molecule has 3 aromatic carbocycles. The zero-order valence-corrected chi connectivity index (χ0v) is 22.1. The van der Waals surface area contributed by atoms with Crippen LogP contribution in [0.25, 0.3) is 6.08 Å². The Balaban J connectivity index is 1.64. The van der Waals surface area contributed by atoms with E-state index in [-0.39, 0.29) is 11.6 Å². The molecule has 0 N–H and O–H groups in total. The van der Waals surface area contributed by atoms with E-state index in [9.17, 15) is 4.79 Å². The Morgan fingerprint density at radius 2 is 1.88 bits per heavy atom. The summed E-state index contributed by atoms with van der Waals surface area (Å²) in [4.78, 5) is 16.8. The summed E-state index contributed by atoms with van der Waals surface area (Å²) in [7, 11) is 0. The highest BCUT2D eigenvalue weighted by Gasteiger charge is 2.26. The van der Waals surface area contributed by atoms with E-state index in [4.69, 9.17) is 37.4 Å². The van der Waals surface area contributed by atoms with Crippen molar-refractivity contribution in [3.63, 3.8) is 0 Å². The molecule has 0 unspecified atom stereocenters. The van der Waals surface area contributed by atoms with Gasteiger partial charge >= 0.3 is 5.97 Å². The van der Waals surface area contributed by atoms with E-state index in [0.717, 1.165) is 20.3 Å². The molecule has 0 amide bonds. The molecular formula is C26H20Cl2INO4. The molecule has 0 radical (unpaired) electrons. The number of cyclic esters (lactones) is 1. The minimum absolute atomic E-state index is 0.113. The first kappa shape index (κ1) is 24.6. The predicted molar refractivity (Wildman–Crippen MR) is 143 cm³/mol. The fourth-order valence-electron chi connectivity index (χ4n) is 3.34. The van der Waals surface area contributed by atoms with E-state index in [1.54, 1.807) is 24.3 Å². The van der Waals surface area contributed by atoms with E-state index >= 15 is 0 Å². The molecule has 0 spiro atoms.